The van der Waals surface area contributed by atoms with E-state index in [0.29, 0.717) is 11.4 Å². The first-order valence-electron chi connectivity index (χ1n) is 8.78. The van der Waals surface area contributed by atoms with Crippen LogP contribution in [-0.2, 0) is 12.8 Å². The van der Waals surface area contributed by atoms with Crippen LogP contribution in [0, 0.1) is 0 Å². The highest BCUT2D eigenvalue weighted by atomic mass is 35.5. The molecule has 1 aliphatic carbocycles. The first-order valence-corrected chi connectivity index (χ1v) is 9.16. The van der Waals surface area contributed by atoms with Gasteiger partial charge in [0.1, 0.15) is 5.75 Å². The SMILES string of the molecule is Oc1ccc(Cl)c(-c2ccc3nc(Cc4ccc5c(c4)CC=C5)nn3c2)c1. The lowest BCUT2D eigenvalue weighted by Gasteiger charge is -2.05. The van der Waals surface area contributed by atoms with E-state index < -0.39 is 0 Å². The number of aromatic hydroxyl groups is 1. The van der Waals surface area contributed by atoms with E-state index in [1.807, 2.05) is 18.3 Å². The molecule has 2 heterocycles. The minimum atomic E-state index is 0.180. The summed E-state index contributed by atoms with van der Waals surface area (Å²) < 4.78 is 1.76. The fourth-order valence-corrected chi connectivity index (χ4v) is 3.73. The summed E-state index contributed by atoms with van der Waals surface area (Å²) in [5.41, 5.74) is 6.30. The number of hydrogen-bond donors (Lipinski definition) is 1. The van der Waals surface area contributed by atoms with Gasteiger partial charge in [0.05, 0.1) is 0 Å². The molecule has 2 aromatic carbocycles. The molecule has 2 aromatic heterocycles. The highest BCUT2D eigenvalue weighted by molar-refractivity contribution is 6.33. The second kappa shape index (κ2) is 6.25. The Bertz CT molecular complexity index is 1210. The third-order valence-electron chi connectivity index (χ3n) is 4.84. The van der Waals surface area contributed by atoms with Gasteiger partial charge in [-0.3, -0.25) is 0 Å². The van der Waals surface area contributed by atoms with Crippen LogP contribution in [0.3, 0.4) is 0 Å². The minimum Gasteiger partial charge on any atom is -0.508 e. The van der Waals surface area contributed by atoms with Crippen LogP contribution < -0.4 is 0 Å². The van der Waals surface area contributed by atoms with Crippen LogP contribution in [0.4, 0.5) is 0 Å². The number of halogens is 1. The van der Waals surface area contributed by atoms with E-state index in [1.165, 1.54) is 16.7 Å². The summed E-state index contributed by atoms with van der Waals surface area (Å²) in [6, 6.07) is 15.3. The van der Waals surface area contributed by atoms with Gasteiger partial charge in [-0.05, 0) is 53.4 Å². The average molecular weight is 374 g/mol. The number of pyridine rings is 1. The molecule has 5 rings (SSSR count). The van der Waals surface area contributed by atoms with Gasteiger partial charge < -0.3 is 5.11 Å². The van der Waals surface area contributed by atoms with Gasteiger partial charge in [-0.15, -0.1) is 0 Å². The average Bonchev–Trinajstić information content (AvgIpc) is 3.28. The van der Waals surface area contributed by atoms with E-state index in [1.54, 1.807) is 22.7 Å². The molecule has 0 fully saturated rings. The number of aromatic nitrogens is 3. The zero-order valence-corrected chi connectivity index (χ0v) is 15.2. The van der Waals surface area contributed by atoms with Crippen molar-refractivity contribution >= 4 is 23.3 Å². The van der Waals surface area contributed by atoms with Gasteiger partial charge in [-0.2, -0.15) is 5.10 Å². The van der Waals surface area contributed by atoms with E-state index in [-0.39, 0.29) is 5.75 Å². The lowest BCUT2D eigenvalue weighted by Crippen LogP contribution is -1.94. The summed E-state index contributed by atoms with van der Waals surface area (Å²) in [4.78, 5) is 4.63. The zero-order valence-electron chi connectivity index (χ0n) is 14.4. The second-order valence-electron chi connectivity index (χ2n) is 6.73. The van der Waals surface area contributed by atoms with Crippen LogP contribution in [0.15, 0.2) is 60.8 Å². The molecule has 4 nitrogen and oxygen atoms in total. The van der Waals surface area contributed by atoms with Gasteiger partial charge in [0.15, 0.2) is 11.5 Å². The fraction of sp³-hybridized carbons (Fsp3) is 0.0909. The van der Waals surface area contributed by atoms with Crippen LogP contribution in [-0.4, -0.2) is 19.7 Å². The molecule has 4 aromatic rings. The van der Waals surface area contributed by atoms with E-state index in [2.05, 4.69) is 40.4 Å². The normalized spacial score (nSPS) is 12.6. The Labute approximate surface area is 161 Å². The topological polar surface area (TPSA) is 50.4 Å². The van der Waals surface area contributed by atoms with Gasteiger partial charge in [0, 0.05) is 28.8 Å². The summed E-state index contributed by atoms with van der Waals surface area (Å²) in [6.07, 6.45) is 7.92. The molecule has 1 aliphatic rings. The van der Waals surface area contributed by atoms with Crippen molar-refractivity contribution in [2.75, 3.05) is 0 Å². The van der Waals surface area contributed by atoms with Crippen molar-refractivity contribution in [1.82, 2.24) is 14.6 Å². The van der Waals surface area contributed by atoms with Crippen molar-refractivity contribution in [3.8, 4) is 16.9 Å². The summed E-state index contributed by atoms with van der Waals surface area (Å²) in [7, 11) is 0. The fourth-order valence-electron chi connectivity index (χ4n) is 3.50. The van der Waals surface area contributed by atoms with Crippen molar-refractivity contribution in [2.45, 2.75) is 12.8 Å². The van der Waals surface area contributed by atoms with Gasteiger partial charge in [0.2, 0.25) is 0 Å². The van der Waals surface area contributed by atoms with E-state index >= 15 is 0 Å². The largest absolute Gasteiger partial charge is 0.508 e. The number of hydrogen-bond acceptors (Lipinski definition) is 3. The maximum absolute atomic E-state index is 9.75. The van der Waals surface area contributed by atoms with Gasteiger partial charge in [0.25, 0.3) is 0 Å². The molecular weight excluding hydrogens is 358 g/mol. The molecule has 0 amide bonds. The van der Waals surface area contributed by atoms with Gasteiger partial charge >= 0.3 is 0 Å². The number of fused-ring (bicyclic) bond motifs is 2. The van der Waals surface area contributed by atoms with Crippen LogP contribution in [0.2, 0.25) is 5.02 Å². The Morgan fingerprint density at radius 3 is 2.93 bits per heavy atom. The molecule has 0 radical (unpaired) electrons. The van der Waals surface area contributed by atoms with Crippen molar-refractivity contribution in [3.05, 3.63) is 88.3 Å². The number of phenols is 1. The molecule has 0 saturated heterocycles. The number of rotatable bonds is 3. The maximum atomic E-state index is 9.75. The first kappa shape index (κ1) is 16.1. The minimum absolute atomic E-state index is 0.180. The smallest absolute Gasteiger partial charge is 0.156 e. The molecule has 0 unspecified atom stereocenters. The Morgan fingerprint density at radius 2 is 2.00 bits per heavy atom. The second-order valence-corrected chi connectivity index (χ2v) is 7.14. The molecule has 27 heavy (non-hydrogen) atoms. The van der Waals surface area contributed by atoms with E-state index in [9.17, 15) is 5.11 Å². The Kier molecular flexibility index (Phi) is 3.73. The summed E-state index contributed by atoms with van der Waals surface area (Å²) in [5.74, 6) is 0.958. The van der Waals surface area contributed by atoms with Crippen molar-refractivity contribution in [3.63, 3.8) is 0 Å². The Morgan fingerprint density at radius 1 is 1.07 bits per heavy atom. The lowest BCUT2D eigenvalue weighted by atomic mass is 10.0. The number of benzene rings is 2. The standard InChI is InChI=1S/C22H16ClN3O/c23-20-8-7-18(27)12-19(20)17-6-9-22-24-21(25-26(22)13-17)11-14-4-5-15-2-1-3-16(15)10-14/h1-2,4-10,12-13,27H,3,11H2. The number of phenolic OH excluding ortho intramolecular Hbond substituents is 1. The van der Waals surface area contributed by atoms with Crippen LogP contribution in [0.25, 0.3) is 22.9 Å². The summed E-state index contributed by atoms with van der Waals surface area (Å²) in [6.45, 7) is 0. The third kappa shape index (κ3) is 2.98. The summed E-state index contributed by atoms with van der Waals surface area (Å²) >= 11 is 6.28. The molecule has 0 aliphatic heterocycles. The van der Waals surface area contributed by atoms with Crippen molar-refractivity contribution in [2.24, 2.45) is 0 Å². The maximum Gasteiger partial charge on any atom is 0.156 e. The van der Waals surface area contributed by atoms with Crippen LogP contribution in [0.1, 0.15) is 22.5 Å². The molecule has 0 spiro atoms. The molecule has 132 valence electrons. The molecule has 0 bridgehead atoms. The monoisotopic (exact) mass is 373 g/mol. The van der Waals surface area contributed by atoms with Crippen LogP contribution >= 0.6 is 11.6 Å². The van der Waals surface area contributed by atoms with E-state index in [0.717, 1.165) is 29.0 Å². The number of allylic oxidation sites excluding steroid dienone is 1. The molecule has 0 saturated carbocycles. The van der Waals surface area contributed by atoms with Gasteiger partial charge in [-0.1, -0.05) is 42.0 Å². The van der Waals surface area contributed by atoms with E-state index in [4.69, 9.17) is 11.6 Å². The molecule has 0 atom stereocenters. The van der Waals surface area contributed by atoms with Gasteiger partial charge in [-0.25, -0.2) is 9.50 Å². The Balaban J connectivity index is 1.48. The van der Waals surface area contributed by atoms with Crippen molar-refractivity contribution in [1.29, 1.82) is 0 Å². The Hall–Kier alpha value is -3.11. The third-order valence-corrected chi connectivity index (χ3v) is 5.17. The lowest BCUT2D eigenvalue weighted by molar-refractivity contribution is 0.475. The van der Waals surface area contributed by atoms with Crippen molar-refractivity contribution < 1.29 is 5.11 Å². The molecular formula is C22H16ClN3O. The van der Waals surface area contributed by atoms with Crippen LogP contribution in [0.5, 0.6) is 5.75 Å². The molecule has 1 N–H and O–H groups in total. The summed E-state index contributed by atoms with van der Waals surface area (Å²) in [5, 5.41) is 15.0. The predicted octanol–water partition coefficient (Wildman–Crippen LogP) is 4.92. The number of nitrogens with zero attached hydrogens (tertiary/aromatic N) is 3. The highest BCUT2D eigenvalue weighted by Gasteiger charge is 2.11. The zero-order chi connectivity index (χ0) is 18.4. The predicted molar refractivity (Wildman–Crippen MR) is 107 cm³/mol. The molecule has 5 heteroatoms. The first-order chi connectivity index (χ1) is 13.2. The highest BCUT2D eigenvalue weighted by Crippen LogP contribution is 2.31. The quantitative estimate of drug-likeness (QED) is 0.554.